The summed E-state index contributed by atoms with van der Waals surface area (Å²) < 4.78 is 37.6. The fourth-order valence-electron chi connectivity index (χ4n) is 1.23. The molecular formula is C10H12F3N3O2. The van der Waals surface area contributed by atoms with Crippen LogP contribution >= 0.6 is 0 Å². The maximum Gasteiger partial charge on any atom is 0.433 e. The summed E-state index contributed by atoms with van der Waals surface area (Å²) in [4.78, 5) is 18.9. The molecule has 1 aromatic heterocycles. The van der Waals surface area contributed by atoms with E-state index >= 15 is 0 Å². The average Bonchev–Trinajstić information content (AvgIpc) is 2.23. The van der Waals surface area contributed by atoms with Crippen LogP contribution < -0.4 is 4.90 Å². The van der Waals surface area contributed by atoms with Crippen LogP contribution in [0.15, 0.2) is 6.07 Å². The summed E-state index contributed by atoms with van der Waals surface area (Å²) in [6.45, 7) is 1.46. The van der Waals surface area contributed by atoms with Gasteiger partial charge in [0.05, 0.1) is 6.42 Å². The van der Waals surface area contributed by atoms with Gasteiger partial charge in [0.1, 0.15) is 5.69 Å². The molecule has 0 bridgehead atoms. The predicted molar refractivity (Wildman–Crippen MR) is 57.3 cm³/mol. The Morgan fingerprint density at radius 3 is 2.56 bits per heavy atom. The number of hydrogen-bond acceptors (Lipinski definition) is 4. The van der Waals surface area contributed by atoms with Crippen LogP contribution in [0.2, 0.25) is 0 Å². The van der Waals surface area contributed by atoms with Gasteiger partial charge in [-0.2, -0.15) is 13.2 Å². The number of aryl methyl sites for hydroxylation is 1. The van der Waals surface area contributed by atoms with E-state index in [9.17, 15) is 18.0 Å². The Hall–Kier alpha value is -1.86. The number of carboxylic acid groups (broad SMARTS) is 1. The molecule has 0 fully saturated rings. The summed E-state index contributed by atoms with van der Waals surface area (Å²) in [5, 5.41) is 8.50. The van der Waals surface area contributed by atoms with Crippen molar-refractivity contribution < 1.29 is 23.1 Å². The zero-order valence-corrected chi connectivity index (χ0v) is 9.82. The Balaban J connectivity index is 2.95. The van der Waals surface area contributed by atoms with E-state index < -0.39 is 17.8 Å². The number of rotatable bonds is 4. The molecule has 1 aromatic rings. The molecule has 1 heterocycles. The van der Waals surface area contributed by atoms with Crippen molar-refractivity contribution in [1.82, 2.24) is 9.97 Å². The van der Waals surface area contributed by atoms with Gasteiger partial charge >= 0.3 is 12.1 Å². The standard InChI is InChI=1S/C10H12F3N3O2/c1-6-5-7(10(11,12)13)15-9(14-6)16(2)4-3-8(17)18/h5H,3-4H2,1-2H3,(H,17,18). The third-order valence-corrected chi connectivity index (χ3v) is 2.14. The van der Waals surface area contributed by atoms with Gasteiger partial charge in [0.15, 0.2) is 0 Å². The molecule has 18 heavy (non-hydrogen) atoms. The summed E-state index contributed by atoms with van der Waals surface area (Å²) in [5.74, 6) is -1.17. The van der Waals surface area contributed by atoms with Crippen molar-refractivity contribution in [3.8, 4) is 0 Å². The van der Waals surface area contributed by atoms with Crippen LogP contribution in [0.25, 0.3) is 0 Å². The number of halogens is 3. The van der Waals surface area contributed by atoms with Gasteiger partial charge in [0.2, 0.25) is 5.95 Å². The van der Waals surface area contributed by atoms with Crippen LogP contribution in [0.5, 0.6) is 0 Å². The minimum absolute atomic E-state index is 0.0378. The molecule has 100 valence electrons. The molecule has 0 radical (unpaired) electrons. The number of carboxylic acids is 1. The van der Waals surface area contributed by atoms with Crippen LogP contribution in [0.1, 0.15) is 17.8 Å². The first kappa shape index (κ1) is 14.2. The van der Waals surface area contributed by atoms with Crippen molar-refractivity contribution in [3.05, 3.63) is 17.5 Å². The van der Waals surface area contributed by atoms with Crippen LogP contribution in [0.4, 0.5) is 19.1 Å². The molecule has 1 N–H and O–H groups in total. The van der Waals surface area contributed by atoms with Gasteiger partial charge in [-0.05, 0) is 13.0 Å². The van der Waals surface area contributed by atoms with E-state index in [0.29, 0.717) is 0 Å². The SMILES string of the molecule is Cc1cc(C(F)(F)F)nc(N(C)CCC(=O)O)n1. The molecule has 0 aliphatic rings. The predicted octanol–water partition coefficient (Wildman–Crippen LogP) is 1.71. The fourth-order valence-corrected chi connectivity index (χ4v) is 1.23. The summed E-state index contributed by atoms with van der Waals surface area (Å²) in [5.41, 5.74) is -0.860. The molecule has 0 amide bonds. The topological polar surface area (TPSA) is 66.3 Å². The third kappa shape index (κ3) is 3.86. The summed E-state index contributed by atoms with van der Waals surface area (Å²) in [6, 6.07) is 0.842. The average molecular weight is 263 g/mol. The van der Waals surface area contributed by atoms with Crippen molar-refractivity contribution in [2.24, 2.45) is 0 Å². The molecule has 0 aliphatic carbocycles. The lowest BCUT2D eigenvalue weighted by Crippen LogP contribution is -2.24. The monoisotopic (exact) mass is 263 g/mol. The lowest BCUT2D eigenvalue weighted by molar-refractivity contribution is -0.141. The largest absolute Gasteiger partial charge is 0.481 e. The van der Waals surface area contributed by atoms with E-state index in [1.165, 1.54) is 18.9 Å². The molecule has 0 aromatic carbocycles. The van der Waals surface area contributed by atoms with E-state index in [0.717, 1.165) is 6.07 Å². The van der Waals surface area contributed by atoms with Gasteiger partial charge in [-0.25, -0.2) is 9.97 Å². The number of aromatic nitrogens is 2. The zero-order chi connectivity index (χ0) is 13.9. The molecule has 1 rings (SSSR count). The Kier molecular flexibility index (Phi) is 4.10. The molecule has 5 nitrogen and oxygen atoms in total. The first-order valence-corrected chi connectivity index (χ1v) is 5.06. The molecule has 0 saturated heterocycles. The second-order valence-electron chi connectivity index (χ2n) is 3.76. The molecule has 0 atom stereocenters. The molecule has 0 spiro atoms. The molecule has 0 saturated carbocycles. The van der Waals surface area contributed by atoms with Gasteiger partial charge < -0.3 is 10.0 Å². The van der Waals surface area contributed by atoms with Crippen molar-refractivity contribution in [1.29, 1.82) is 0 Å². The second kappa shape index (κ2) is 5.19. The Labute approximate surface area is 101 Å². The van der Waals surface area contributed by atoms with Crippen LogP contribution in [0.3, 0.4) is 0 Å². The first-order chi connectivity index (χ1) is 8.20. The Morgan fingerprint density at radius 2 is 2.06 bits per heavy atom. The van der Waals surface area contributed by atoms with Crippen LogP contribution in [-0.2, 0) is 11.0 Å². The van der Waals surface area contributed by atoms with Crippen LogP contribution in [0, 0.1) is 6.92 Å². The number of anilines is 1. The van der Waals surface area contributed by atoms with Gasteiger partial charge in [0, 0.05) is 19.3 Å². The highest BCUT2D eigenvalue weighted by atomic mass is 19.4. The smallest absolute Gasteiger partial charge is 0.433 e. The number of nitrogens with zero attached hydrogens (tertiary/aromatic N) is 3. The minimum atomic E-state index is -4.55. The number of alkyl halides is 3. The number of aliphatic carboxylic acids is 1. The van der Waals surface area contributed by atoms with Gasteiger partial charge in [0.25, 0.3) is 0 Å². The zero-order valence-electron chi connectivity index (χ0n) is 9.82. The van der Waals surface area contributed by atoms with E-state index in [1.54, 1.807) is 0 Å². The highest BCUT2D eigenvalue weighted by Gasteiger charge is 2.33. The van der Waals surface area contributed by atoms with Crippen LogP contribution in [-0.4, -0.2) is 34.6 Å². The van der Waals surface area contributed by atoms with E-state index in [4.69, 9.17) is 5.11 Å². The Bertz CT molecular complexity index is 448. The van der Waals surface area contributed by atoms with Crippen molar-refractivity contribution in [2.75, 3.05) is 18.5 Å². The molecule has 0 aliphatic heterocycles. The Morgan fingerprint density at radius 1 is 1.44 bits per heavy atom. The van der Waals surface area contributed by atoms with Gasteiger partial charge in [-0.15, -0.1) is 0 Å². The lowest BCUT2D eigenvalue weighted by Gasteiger charge is -2.17. The molecule has 0 unspecified atom stereocenters. The quantitative estimate of drug-likeness (QED) is 0.895. The fraction of sp³-hybridized carbons (Fsp3) is 0.500. The summed E-state index contributed by atoms with van der Waals surface area (Å²) in [7, 11) is 1.44. The van der Waals surface area contributed by atoms with Gasteiger partial charge in [-0.1, -0.05) is 0 Å². The minimum Gasteiger partial charge on any atom is -0.481 e. The van der Waals surface area contributed by atoms with Crippen molar-refractivity contribution in [3.63, 3.8) is 0 Å². The first-order valence-electron chi connectivity index (χ1n) is 5.06. The molecular weight excluding hydrogens is 251 g/mol. The maximum absolute atomic E-state index is 12.5. The van der Waals surface area contributed by atoms with Crippen molar-refractivity contribution >= 4 is 11.9 Å². The van der Waals surface area contributed by atoms with E-state index in [1.807, 2.05) is 0 Å². The second-order valence-corrected chi connectivity index (χ2v) is 3.76. The third-order valence-electron chi connectivity index (χ3n) is 2.14. The lowest BCUT2D eigenvalue weighted by atomic mass is 10.3. The highest BCUT2D eigenvalue weighted by Crippen LogP contribution is 2.28. The normalized spacial score (nSPS) is 11.4. The number of hydrogen-bond donors (Lipinski definition) is 1. The number of carbonyl (C=O) groups is 1. The summed E-state index contributed by atoms with van der Waals surface area (Å²) in [6.07, 6.45) is -4.74. The van der Waals surface area contributed by atoms with E-state index in [2.05, 4.69) is 9.97 Å². The van der Waals surface area contributed by atoms with Gasteiger partial charge in [-0.3, -0.25) is 4.79 Å². The molecule has 8 heteroatoms. The van der Waals surface area contributed by atoms with Crippen molar-refractivity contribution in [2.45, 2.75) is 19.5 Å². The summed E-state index contributed by atoms with van der Waals surface area (Å²) >= 11 is 0. The van der Waals surface area contributed by atoms with E-state index in [-0.39, 0.29) is 24.6 Å². The maximum atomic E-state index is 12.5. The highest BCUT2D eigenvalue weighted by molar-refractivity contribution is 5.67.